The summed E-state index contributed by atoms with van der Waals surface area (Å²) in [5.74, 6) is 1.97. The second-order valence-corrected chi connectivity index (χ2v) is 14.8. The third-order valence-corrected chi connectivity index (χ3v) is 11.7. The molecule has 1 spiro atoms. The summed E-state index contributed by atoms with van der Waals surface area (Å²) in [5, 5.41) is 2.53. The lowest BCUT2D eigenvalue weighted by molar-refractivity contribution is 0.556. The van der Waals surface area contributed by atoms with Crippen molar-refractivity contribution in [2.75, 3.05) is 0 Å². The van der Waals surface area contributed by atoms with Gasteiger partial charge in [-0.2, -0.15) is 0 Å². The molecule has 53 heavy (non-hydrogen) atoms. The molecule has 0 saturated carbocycles. The fourth-order valence-electron chi connectivity index (χ4n) is 9.40. The van der Waals surface area contributed by atoms with Crippen LogP contribution in [0.25, 0.3) is 61.7 Å². The summed E-state index contributed by atoms with van der Waals surface area (Å²) >= 11 is 0. The molecule has 0 N–H and O–H groups in total. The Balaban J connectivity index is 1.27. The van der Waals surface area contributed by atoms with Crippen LogP contribution in [0.5, 0.6) is 0 Å². The lowest BCUT2D eigenvalue weighted by atomic mass is 9.53. The average molecular weight is 679 g/mol. The molecule has 0 saturated heterocycles. The van der Waals surface area contributed by atoms with Gasteiger partial charge in [-0.15, -0.1) is 0 Å². The Morgan fingerprint density at radius 3 is 1.64 bits per heavy atom. The van der Waals surface area contributed by atoms with Gasteiger partial charge in [-0.25, -0.2) is 15.0 Å². The highest BCUT2D eigenvalue weighted by atomic mass is 15.0. The van der Waals surface area contributed by atoms with Crippen LogP contribution in [0.4, 0.5) is 0 Å². The molecule has 0 radical (unpaired) electrons. The minimum Gasteiger partial charge on any atom is -0.309 e. The summed E-state index contributed by atoms with van der Waals surface area (Å²) in [6.45, 7) is 4.74. The van der Waals surface area contributed by atoms with Crippen LogP contribution in [0.1, 0.15) is 47.2 Å². The maximum atomic E-state index is 5.18. The lowest BCUT2D eigenvalue weighted by Crippen LogP contribution is -2.44. The Hall–Kier alpha value is -6.65. The maximum Gasteiger partial charge on any atom is 0.164 e. The molecule has 0 amide bonds. The fraction of sp³-hybridized carbons (Fsp3) is 0.0816. The number of fused-ring (bicyclic) bond motifs is 11. The molecule has 1 aliphatic carbocycles. The number of hydrogen-bond acceptors (Lipinski definition) is 3. The van der Waals surface area contributed by atoms with Crippen molar-refractivity contribution in [2.45, 2.75) is 24.7 Å². The van der Waals surface area contributed by atoms with E-state index >= 15 is 0 Å². The van der Waals surface area contributed by atoms with E-state index in [1.807, 2.05) is 36.4 Å². The molecule has 2 aromatic heterocycles. The normalized spacial score (nSPS) is 16.3. The van der Waals surface area contributed by atoms with Gasteiger partial charge in [0.15, 0.2) is 17.5 Å². The van der Waals surface area contributed by atoms with Crippen LogP contribution < -0.4 is 0 Å². The molecule has 1 atom stereocenters. The van der Waals surface area contributed by atoms with Crippen molar-refractivity contribution in [1.29, 1.82) is 0 Å². The van der Waals surface area contributed by atoms with E-state index in [1.54, 1.807) is 0 Å². The van der Waals surface area contributed by atoms with E-state index in [0.29, 0.717) is 17.5 Å². The summed E-state index contributed by atoms with van der Waals surface area (Å²) < 4.78 is 2.50. The van der Waals surface area contributed by atoms with Gasteiger partial charge >= 0.3 is 0 Å². The monoisotopic (exact) mass is 678 g/mol. The Morgan fingerprint density at radius 2 is 0.925 bits per heavy atom. The lowest BCUT2D eigenvalue weighted by Gasteiger charge is -2.50. The van der Waals surface area contributed by atoms with Crippen LogP contribution in [0, 0.1) is 0 Å². The minimum atomic E-state index is -0.602. The van der Waals surface area contributed by atoms with Crippen LogP contribution in [0.15, 0.2) is 170 Å². The van der Waals surface area contributed by atoms with Crippen molar-refractivity contribution < 1.29 is 0 Å². The summed E-state index contributed by atoms with van der Waals surface area (Å²) in [5.41, 5.74) is 13.5. The van der Waals surface area contributed by atoms with E-state index in [9.17, 15) is 0 Å². The van der Waals surface area contributed by atoms with Crippen LogP contribution in [0.2, 0.25) is 0 Å². The summed E-state index contributed by atoms with van der Waals surface area (Å²) in [6, 6.07) is 61.2. The third kappa shape index (κ3) is 4.03. The molecule has 1 unspecified atom stereocenters. The van der Waals surface area contributed by atoms with Gasteiger partial charge in [-0.1, -0.05) is 166 Å². The number of para-hydroxylation sites is 3. The van der Waals surface area contributed by atoms with E-state index in [0.717, 1.165) is 16.7 Å². The highest BCUT2D eigenvalue weighted by molar-refractivity contribution is 6.12. The van der Waals surface area contributed by atoms with Crippen molar-refractivity contribution in [2.24, 2.45) is 0 Å². The van der Waals surface area contributed by atoms with Gasteiger partial charge in [0.25, 0.3) is 0 Å². The van der Waals surface area contributed by atoms with E-state index in [-0.39, 0.29) is 5.41 Å². The van der Waals surface area contributed by atoms with Gasteiger partial charge < -0.3 is 4.57 Å². The number of hydrogen-bond donors (Lipinski definition) is 0. The predicted molar refractivity (Wildman–Crippen MR) is 214 cm³/mol. The molecule has 7 aromatic carbocycles. The van der Waals surface area contributed by atoms with Gasteiger partial charge in [0.1, 0.15) is 0 Å². The molecule has 0 bridgehead atoms. The standard InChI is InChI=1S/C49H34N4/c1-48(2)36-22-10-11-23-38(36)49(39-24-12-14-27-43(39)53-42-26-13-9-20-34(42)35-21-15-25-40(49)44(35)53)41-30-33(28-29-37(41)48)47-51-45(31-16-5-3-6-17-31)50-46(52-47)32-18-7-4-8-19-32/h3-30H,1-2H3. The highest BCUT2D eigenvalue weighted by Crippen LogP contribution is 2.60. The van der Waals surface area contributed by atoms with E-state index in [2.05, 4.69) is 152 Å². The first-order chi connectivity index (χ1) is 26.0. The van der Waals surface area contributed by atoms with Gasteiger partial charge in [0.2, 0.25) is 0 Å². The first-order valence-electron chi connectivity index (χ1n) is 18.3. The molecule has 4 nitrogen and oxygen atoms in total. The smallest absolute Gasteiger partial charge is 0.164 e. The number of aromatic nitrogens is 4. The average Bonchev–Trinajstić information content (AvgIpc) is 3.57. The molecule has 0 fully saturated rings. The van der Waals surface area contributed by atoms with E-state index in [4.69, 9.17) is 15.0 Å². The first-order valence-corrected chi connectivity index (χ1v) is 18.3. The van der Waals surface area contributed by atoms with Gasteiger partial charge in [-0.05, 0) is 51.6 Å². The molecule has 4 heteroatoms. The molecular formula is C49H34N4. The van der Waals surface area contributed by atoms with Crippen LogP contribution in [0.3, 0.4) is 0 Å². The highest BCUT2D eigenvalue weighted by Gasteiger charge is 2.52. The van der Waals surface area contributed by atoms with Crippen molar-refractivity contribution in [1.82, 2.24) is 19.5 Å². The largest absolute Gasteiger partial charge is 0.309 e. The van der Waals surface area contributed by atoms with Crippen molar-refractivity contribution in [3.05, 3.63) is 203 Å². The Bertz CT molecular complexity index is 2870. The van der Waals surface area contributed by atoms with Crippen LogP contribution in [-0.2, 0) is 10.8 Å². The fourth-order valence-corrected chi connectivity index (χ4v) is 9.40. The summed E-state index contributed by atoms with van der Waals surface area (Å²) in [4.78, 5) is 15.4. The molecule has 3 heterocycles. The number of nitrogens with zero attached hydrogens (tertiary/aromatic N) is 4. The Kier molecular flexibility index (Phi) is 6.19. The summed E-state index contributed by atoms with van der Waals surface area (Å²) in [6.07, 6.45) is 0. The predicted octanol–water partition coefficient (Wildman–Crippen LogP) is 11.3. The molecule has 2 aliphatic rings. The summed E-state index contributed by atoms with van der Waals surface area (Å²) in [7, 11) is 0. The topological polar surface area (TPSA) is 43.6 Å². The van der Waals surface area contributed by atoms with Gasteiger partial charge in [0, 0.05) is 32.9 Å². The second-order valence-electron chi connectivity index (χ2n) is 14.8. The number of benzene rings is 7. The number of rotatable bonds is 3. The van der Waals surface area contributed by atoms with Gasteiger partial charge in [0.05, 0.1) is 22.1 Å². The Labute approximate surface area is 308 Å². The van der Waals surface area contributed by atoms with Crippen LogP contribution in [-0.4, -0.2) is 19.5 Å². The van der Waals surface area contributed by atoms with E-state index < -0.39 is 5.41 Å². The second kappa shape index (κ2) is 10.9. The van der Waals surface area contributed by atoms with Crippen molar-refractivity contribution in [3.63, 3.8) is 0 Å². The molecule has 250 valence electrons. The van der Waals surface area contributed by atoms with Crippen LogP contribution >= 0.6 is 0 Å². The van der Waals surface area contributed by atoms with E-state index in [1.165, 1.54) is 60.9 Å². The van der Waals surface area contributed by atoms with Crippen molar-refractivity contribution >= 4 is 21.8 Å². The molecule has 1 aliphatic heterocycles. The van der Waals surface area contributed by atoms with Gasteiger partial charge in [-0.3, -0.25) is 0 Å². The maximum absolute atomic E-state index is 5.18. The zero-order chi connectivity index (χ0) is 35.3. The minimum absolute atomic E-state index is 0.258. The zero-order valence-electron chi connectivity index (χ0n) is 29.5. The Morgan fingerprint density at radius 1 is 0.396 bits per heavy atom. The molecule has 9 aromatic rings. The zero-order valence-corrected chi connectivity index (χ0v) is 29.5. The molecular weight excluding hydrogens is 645 g/mol. The SMILES string of the molecule is CC1(C)c2ccccc2C2(c3ccccc3-n3c4ccccc4c4cccc2c43)c2cc(-c3nc(-c4ccccc4)nc(-c4ccccc4)n3)ccc21. The third-order valence-electron chi connectivity index (χ3n) is 11.7. The van der Waals surface area contributed by atoms with Crippen molar-refractivity contribution in [3.8, 4) is 39.9 Å². The first kappa shape index (κ1) is 30.0. The quantitative estimate of drug-likeness (QED) is 0.187. The molecule has 11 rings (SSSR count).